The minimum Gasteiger partial charge on any atom is -0.313 e. The molecule has 0 saturated carbocycles. The number of nitrogens with one attached hydrogen (secondary N) is 1. The molecule has 4 nitrogen and oxygen atoms in total. The standard InChI is InChI=1S/C26H20BrN3O/c1-29-25-22(21-9-4-7-17-6-2-3-8-20(17)21)10-5-11-23(25)30(26(29)28)16-24(31)18-12-14-19(27)15-13-18/h2-15,28H,16H2,1H3. The number of aryl methyl sites for hydroxylation is 1. The summed E-state index contributed by atoms with van der Waals surface area (Å²) in [4.78, 5) is 12.9. The summed E-state index contributed by atoms with van der Waals surface area (Å²) in [6.45, 7) is 0.122. The third-order valence-corrected chi connectivity index (χ3v) is 6.29. The van der Waals surface area contributed by atoms with Crippen LogP contribution in [0.25, 0.3) is 32.9 Å². The molecule has 0 unspecified atom stereocenters. The molecule has 31 heavy (non-hydrogen) atoms. The van der Waals surface area contributed by atoms with Gasteiger partial charge in [-0.1, -0.05) is 82.7 Å². The lowest BCUT2D eigenvalue weighted by Crippen LogP contribution is -2.25. The highest BCUT2D eigenvalue weighted by Crippen LogP contribution is 2.33. The number of hydrogen-bond donors (Lipinski definition) is 1. The Morgan fingerprint density at radius 3 is 2.35 bits per heavy atom. The maximum Gasteiger partial charge on any atom is 0.203 e. The minimum absolute atomic E-state index is 0.0194. The fourth-order valence-electron chi connectivity index (χ4n) is 4.21. The van der Waals surface area contributed by atoms with E-state index in [-0.39, 0.29) is 12.3 Å². The Kier molecular flexibility index (Phi) is 4.83. The Bertz CT molecular complexity index is 1500. The second kappa shape index (κ2) is 7.67. The number of aromatic nitrogens is 2. The number of fused-ring (bicyclic) bond motifs is 2. The number of ketones is 1. The zero-order valence-electron chi connectivity index (χ0n) is 17.0. The highest BCUT2D eigenvalue weighted by molar-refractivity contribution is 9.10. The molecule has 0 aliphatic heterocycles. The largest absolute Gasteiger partial charge is 0.313 e. The number of nitrogens with zero attached hydrogens (tertiary/aromatic N) is 2. The first-order chi connectivity index (χ1) is 15.0. The van der Waals surface area contributed by atoms with Gasteiger partial charge in [-0.05, 0) is 34.5 Å². The maximum absolute atomic E-state index is 12.9. The van der Waals surface area contributed by atoms with E-state index in [1.807, 2.05) is 60.1 Å². The molecule has 152 valence electrons. The van der Waals surface area contributed by atoms with Crippen molar-refractivity contribution in [1.82, 2.24) is 9.13 Å². The second-order valence-electron chi connectivity index (χ2n) is 7.60. The van der Waals surface area contributed by atoms with Gasteiger partial charge in [-0.3, -0.25) is 10.2 Å². The Labute approximate surface area is 188 Å². The molecule has 0 fully saturated rings. The lowest BCUT2D eigenvalue weighted by atomic mass is 9.97. The zero-order chi connectivity index (χ0) is 21.5. The van der Waals surface area contributed by atoms with E-state index in [0.717, 1.165) is 26.6 Å². The molecule has 0 radical (unpaired) electrons. The summed E-state index contributed by atoms with van der Waals surface area (Å²) in [6.07, 6.45) is 0. The topological polar surface area (TPSA) is 50.8 Å². The summed E-state index contributed by atoms with van der Waals surface area (Å²) in [5.74, 6) is -0.0194. The van der Waals surface area contributed by atoms with Crippen LogP contribution in [0.5, 0.6) is 0 Å². The van der Waals surface area contributed by atoms with Crippen LogP contribution in [0, 0.1) is 5.41 Å². The molecule has 5 heteroatoms. The molecular weight excluding hydrogens is 450 g/mol. The highest BCUT2D eigenvalue weighted by Gasteiger charge is 2.17. The van der Waals surface area contributed by atoms with E-state index in [0.29, 0.717) is 11.2 Å². The van der Waals surface area contributed by atoms with Gasteiger partial charge in [0.1, 0.15) is 0 Å². The van der Waals surface area contributed by atoms with Crippen LogP contribution in [0.4, 0.5) is 0 Å². The van der Waals surface area contributed by atoms with Gasteiger partial charge < -0.3 is 9.13 Å². The quantitative estimate of drug-likeness (QED) is 0.326. The first-order valence-corrected chi connectivity index (χ1v) is 10.8. The molecule has 0 aliphatic carbocycles. The van der Waals surface area contributed by atoms with Crippen molar-refractivity contribution in [2.75, 3.05) is 0 Å². The Hall–Kier alpha value is -3.44. The third kappa shape index (κ3) is 3.31. The molecule has 0 saturated heterocycles. The minimum atomic E-state index is -0.0194. The smallest absolute Gasteiger partial charge is 0.203 e. The fourth-order valence-corrected chi connectivity index (χ4v) is 4.48. The van der Waals surface area contributed by atoms with Crippen LogP contribution in [-0.4, -0.2) is 14.9 Å². The molecule has 1 N–H and O–H groups in total. The molecule has 0 amide bonds. The summed E-state index contributed by atoms with van der Waals surface area (Å²) in [5.41, 5.74) is 4.94. The van der Waals surface area contributed by atoms with E-state index < -0.39 is 0 Å². The number of benzene rings is 4. The van der Waals surface area contributed by atoms with Crippen LogP contribution >= 0.6 is 15.9 Å². The highest BCUT2D eigenvalue weighted by atomic mass is 79.9. The first kappa shape index (κ1) is 19.5. The summed E-state index contributed by atoms with van der Waals surface area (Å²) < 4.78 is 4.58. The molecule has 1 heterocycles. The molecule has 5 aromatic rings. The van der Waals surface area contributed by atoms with Crippen molar-refractivity contribution < 1.29 is 4.79 Å². The van der Waals surface area contributed by atoms with Gasteiger partial charge >= 0.3 is 0 Å². The van der Waals surface area contributed by atoms with E-state index in [1.54, 1.807) is 4.57 Å². The summed E-state index contributed by atoms with van der Waals surface area (Å²) >= 11 is 3.41. The fraction of sp³-hybridized carbons (Fsp3) is 0.0769. The van der Waals surface area contributed by atoms with Crippen molar-refractivity contribution in [3.63, 3.8) is 0 Å². The molecule has 0 aliphatic rings. The van der Waals surface area contributed by atoms with E-state index in [2.05, 4.69) is 52.3 Å². The summed E-state index contributed by atoms with van der Waals surface area (Å²) in [7, 11) is 1.89. The van der Waals surface area contributed by atoms with Gasteiger partial charge in [0.15, 0.2) is 5.78 Å². The van der Waals surface area contributed by atoms with Crippen molar-refractivity contribution in [2.45, 2.75) is 6.54 Å². The third-order valence-electron chi connectivity index (χ3n) is 5.76. The van der Waals surface area contributed by atoms with Gasteiger partial charge in [-0.2, -0.15) is 0 Å². The number of rotatable bonds is 4. The lowest BCUT2D eigenvalue weighted by Gasteiger charge is -2.10. The number of carbonyl (C=O) groups is 1. The average Bonchev–Trinajstić information content (AvgIpc) is 3.04. The van der Waals surface area contributed by atoms with Crippen LogP contribution in [0.15, 0.2) is 89.4 Å². The summed E-state index contributed by atoms with van der Waals surface area (Å²) in [5, 5.41) is 11.0. The van der Waals surface area contributed by atoms with E-state index in [4.69, 9.17) is 5.41 Å². The van der Waals surface area contributed by atoms with Crippen molar-refractivity contribution in [1.29, 1.82) is 5.41 Å². The molecule has 0 bridgehead atoms. The van der Waals surface area contributed by atoms with Gasteiger partial charge in [0, 0.05) is 22.6 Å². The lowest BCUT2D eigenvalue weighted by molar-refractivity contribution is 0.0971. The van der Waals surface area contributed by atoms with Crippen LogP contribution in [0.2, 0.25) is 0 Å². The normalized spacial score (nSPS) is 11.3. The Morgan fingerprint density at radius 1 is 0.871 bits per heavy atom. The van der Waals surface area contributed by atoms with Gasteiger partial charge in [-0.25, -0.2) is 0 Å². The number of carbonyl (C=O) groups excluding carboxylic acids is 1. The zero-order valence-corrected chi connectivity index (χ0v) is 18.6. The summed E-state index contributed by atoms with van der Waals surface area (Å²) in [6, 6.07) is 28.0. The predicted molar refractivity (Wildman–Crippen MR) is 128 cm³/mol. The van der Waals surface area contributed by atoms with Gasteiger partial charge in [0.2, 0.25) is 5.62 Å². The molecule has 1 aromatic heterocycles. The van der Waals surface area contributed by atoms with Crippen molar-refractivity contribution in [2.24, 2.45) is 7.05 Å². The molecule has 0 atom stereocenters. The van der Waals surface area contributed by atoms with Crippen LogP contribution in [-0.2, 0) is 13.6 Å². The predicted octanol–water partition coefficient (Wildman–Crippen LogP) is 5.92. The Morgan fingerprint density at radius 2 is 1.55 bits per heavy atom. The van der Waals surface area contributed by atoms with Gasteiger partial charge in [0.05, 0.1) is 17.6 Å². The average molecular weight is 470 g/mol. The van der Waals surface area contributed by atoms with Gasteiger partial charge in [0.25, 0.3) is 0 Å². The van der Waals surface area contributed by atoms with Gasteiger partial charge in [-0.15, -0.1) is 0 Å². The number of para-hydroxylation sites is 1. The number of hydrogen-bond acceptors (Lipinski definition) is 2. The van der Waals surface area contributed by atoms with E-state index in [1.165, 1.54) is 10.8 Å². The number of Topliss-reactive ketones (excluding diaryl/α,β-unsaturated/α-hetero) is 1. The number of imidazole rings is 1. The van der Waals surface area contributed by atoms with E-state index in [9.17, 15) is 4.79 Å². The monoisotopic (exact) mass is 469 g/mol. The molecule has 0 spiro atoms. The van der Waals surface area contributed by atoms with Crippen molar-refractivity contribution in [3.05, 3.63) is 101 Å². The molecule has 4 aromatic carbocycles. The molecule has 5 rings (SSSR count). The second-order valence-corrected chi connectivity index (χ2v) is 8.51. The van der Waals surface area contributed by atoms with Crippen LogP contribution < -0.4 is 5.62 Å². The van der Waals surface area contributed by atoms with Crippen molar-refractivity contribution in [3.8, 4) is 11.1 Å². The van der Waals surface area contributed by atoms with Crippen LogP contribution in [0.1, 0.15) is 10.4 Å². The Balaban J connectivity index is 1.68. The SMILES string of the molecule is Cn1c(=N)n(CC(=O)c2ccc(Br)cc2)c2cccc(-c3cccc4ccccc34)c21. The first-order valence-electron chi connectivity index (χ1n) is 10.0. The molecular formula is C26H20BrN3O. The van der Waals surface area contributed by atoms with E-state index >= 15 is 0 Å². The maximum atomic E-state index is 12.9. The number of halogens is 1. The van der Waals surface area contributed by atoms with Crippen LogP contribution in [0.3, 0.4) is 0 Å². The van der Waals surface area contributed by atoms with Crippen molar-refractivity contribution >= 4 is 43.5 Å².